The fourth-order valence-corrected chi connectivity index (χ4v) is 8.84. The number of aromatic nitrogens is 1. The van der Waals surface area contributed by atoms with Gasteiger partial charge < -0.3 is 4.74 Å². The molecule has 3 nitrogen and oxygen atoms in total. The Balaban J connectivity index is 1.14. The fraction of sp³-hybridized carbons (Fsp3) is 0.0980. The first-order valence-electron chi connectivity index (χ1n) is 18.8. The smallest absolute Gasteiger partial charge is 0.132 e. The topological polar surface area (TPSA) is 34.5 Å². The van der Waals surface area contributed by atoms with Gasteiger partial charge in [-0.2, -0.15) is 0 Å². The zero-order valence-corrected chi connectivity index (χ0v) is 30.4. The molecule has 6 aromatic carbocycles. The SMILES string of the molecule is Cc1ccc(-c2ccc(C3=CCCC(c4ccccc4)=NC(c4ccc5c(c4)-c4ccccc4C54c5ccccc5Oc5ccccc54)=C3)cc2)c(C)n1. The summed E-state index contributed by atoms with van der Waals surface area (Å²) < 4.78 is 6.55. The molecule has 0 amide bonds. The van der Waals surface area contributed by atoms with E-state index in [9.17, 15) is 0 Å². The molecule has 0 fully saturated rings. The van der Waals surface area contributed by atoms with E-state index in [0.29, 0.717) is 0 Å². The van der Waals surface area contributed by atoms with Crippen molar-refractivity contribution in [2.75, 3.05) is 0 Å². The van der Waals surface area contributed by atoms with Gasteiger partial charge in [0.15, 0.2) is 0 Å². The zero-order valence-electron chi connectivity index (χ0n) is 30.4. The molecule has 54 heavy (non-hydrogen) atoms. The van der Waals surface area contributed by atoms with E-state index in [1.165, 1.54) is 50.1 Å². The molecule has 0 bridgehead atoms. The number of aliphatic imine (C=N–C) groups is 1. The van der Waals surface area contributed by atoms with Gasteiger partial charge in [-0.25, -0.2) is 0 Å². The van der Waals surface area contributed by atoms with E-state index in [0.717, 1.165) is 63.8 Å². The summed E-state index contributed by atoms with van der Waals surface area (Å²) in [5.41, 5.74) is 17.9. The van der Waals surface area contributed by atoms with Crippen LogP contribution in [0, 0.1) is 13.8 Å². The lowest BCUT2D eigenvalue weighted by Gasteiger charge is -2.39. The van der Waals surface area contributed by atoms with Crippen molar-refractivity contribution >= 4 is 17.0 Å². The van der Waals surface area contributed by atoms with Gasteiger partial charge in [0.1, 0.15) is 11.5 Å². The van der Waals surface area contributed by atoms with Crippen LogP contribution < -0.4 is 4.74 Å². The Labute approximate surface area is 316 Å². The molecule has 3 heterocycles. The number of pyridine rings is 1. The monoisotopic (exact) mass is 694 g/mol. The van der Waals surface area contributed by atoms with Crippen LogP contribution >= 0.6 is 0 Å². The maximum atomic E-state index is 6.55. The van der Waals surface area contributed by atoms with E-state index >= 15 is 0 Å². The fourth-order valence-electron chi connectivity index (χ4n) is 8.84. The van der Waals surface area contributed by atoms with Gasteiger partial charge in [0.05, 0.1) is 11.1 Å². The number of hydrogen-bond donors (Lipinski definition) is 0. The van der Waals surface area contributed by atoms with Crippen LogP contribution in [0.15, 0.2) is 175 Å². The molecular weight excluding hydrogens is 657 g/mol. The number of rotatable bonds is 4. The van der Waals surface area contributed by atoms with Crippen molar-refractivity contribution in [3.05, 3.63) is 220 Å². The summed E-state index contributed by atoms with van der Waals surface area (Å²) in [6.07, 6.45) is 6.41. The Morgan fingerprint density at radius 3 is 1.89 bits per heavy atom. The summed E-state index contributed by atoms with van der Waals surface area (Å²) in [4.78, 5) is 10.2. The normalized spacial score (nSPS) is 15.0. The van der Waals surface area contributed by atoms with Crippen LogP contribution in [0.5, 0.6) is 11.5 Å². The molecule has 0 saturated carbocycles. The van der Waals surface area contributed by atoms with Crippen molar-refractivity contribution in [3.8, 4) is 33.8 Å². The molecule has 258 valence electrons. The van der Waals surface area contributed by atoms with Gasteiger partial charge in [0.2, 0.25) is 0 Å². The van der Waals surface area contributed by atoms with E-state index in [1.54, 1.807) is 0 Å². The molecule has 3 aliphatic rings. The predicted octanol–water partition coefficient (Wildman–Crippen LogP) is 12.5. The molecule has 0 radical (unpaired) electrons. The van der Waals surface area contributed by atoms with Crippen LogP contribution in [0.2, 0.25) is 0 Å². The van der Waals surface area contributed by atoms with Gasteiger partial charge in [-0.3, -0.25) is 9.98 Å². The van der Waals surface area contributed by atoms with Crippen molar-refractivity contribution in [1.29, 1.82) is 0 Å². The predicted molar refractivity (Wildman–Crippen MR) is 221 cm³/mol. The molecule has 0 N–H and O–H groups in total. The molecule has 1 spiro atoms. The zero-order chi connectivity index (χ0) is 36.2. The highest BCUT2D eigenvalue weighted by Crippen LogP contribution is 2.62. The molecule has 0 unspecified atom stereocenters. The largest absolute Gasteiger partial charge is 0.457 e. The van der Waals surface area contributed by atoms with E-state index in [2.05, 4.69) is 177 Å². The molecule has 7 aromatic rings. The lowest BCUT2D eigenvalue weighted by atomic mass is 9.66. The number of nitrogens with zero attached hydrogens (tertiary/aromatic N) is 2. The molecule has 2 aliphatic heterocycles. The highest BCUT2D eigenvalue weighted by atomic mass is 16.5. The standard InChI is InChI=1S/C51H38N2O/c1-33-23-29-40(34(2)52-33)36-26-24-35(25-27-36)38-15-12-20-47(37-13-4-3-5-14-37)53-48(32-38)39-28-30-44-42(31-39)41-16-6-7-17-43(41)51(44)45-18-8-10-21-49(45)54-50-22-11-9-19-46(50)51/h3-11,13-19,21-32H,12,20H2,1-2H3. The maximum Gasteiger partial charge on any atom is 0.132 e. The first-order chi connectivity index (χ1) is 26.6. The second kappa shape index (κ2) is 12.8. The number of ether oxygens (including phenoxy) is 1. The van der Waals surface area contributed by atoms with Gasteiger partial charge in [0.25, 0.3) is 0 Å². The average Bonchev–Trinajstić information content (AvgIpc) is 3.49. The van der Waals surface area contributed by atoms with Crippen LogP contribution in [0.1, 0.15) is 63.2 Å². The quantitative estimate of drug-likeness (QED) is 0.184. The third-order valence-electron chi connectivity index (χ3n) is 11.3. The Bertz CT molecular complexity index is 2650. The van der Waals surface area contributed by atoms with Crippen molar-refractivity contribution in [2.45, 2.75) is 32.1 Å². The van der Waals surface area contributed by atoms with Gasteiger partial charge in [-0.15, -0.1) is 0 Å². The Kier molecular flexibility index (Phi) is 7.62. The molecule has 0 atom stereocenters. The summed E-state index contributed by atoms with van der Waals surface area (Å²) in [6, 6.07) is 56.7. The molecule has 0 saturated heterocycles. The maximum absolute atomic E-state index is 6.55. The average molecular weight is 695 g/mol. The number of hydrogen-bond acceptors (Lipinski definition) is 3. The number of allylic oxidation sites excluding steroid dienone is 3. The molecular formula is C51H38N2O. The highest BCUT2D eigenvalue weighted by molar-refractivity contribution is 6.05. The van der Waals surface area contributed by atoms with Gasteiger partial charge in [0, 0.05) is 39.4 Å². The second-order valence-electron chi connectivity index (χ2n) is 14.5. The van der Waals surface area contributed by atoms with Crippen molar-refractivity contribution in [2.24, 2.45) is 4.99 Å². The summed E-state index contributed by atoms with van der Waals surface area (Å²) in [5, 5.41) is 0. The van der Waals surface area contributed by atoms with Crippen molar-refractivity contribution in [3.63, 3.8) is 0 Å². The van der Waals surface area contributed by atoms with Crippen LogP contribution in [0.25, 0.3) is 33.5 Å². The van der Waals surface area contributed by atoms with Crippen LogP contribution in [0.3, 0.4) is 0 Å². The number of aryl methyl sites for hydroxylation is 2. The number of benzene rings is 6. The summed E-state index contributed by atoms with van der Waals surface area (Å²) in [5.74, 6) is 1.80. The van der Waals surface area contributed by atoms with Gasteiger partial charge in [-0.1, -0.05) is 140 Å². The number of para-hydroxylation sites is 2. The summed E-state index contributed by atoms with van der Waals surface area (Å²) in [7, 11) is 0. The van der Waals surface area contributed by atoms with Crippen molar-refractivity contribution < 1.29 is 4.74 Å². The second-order valence-corrected chi connectivity index (χ2v) is 14.5. The first-order valence-corrected chi connectivity index (χ1v) is 18.8. The molecule has 1 aromatic heterocycles. The Hall–Kier alpha value is -6.58. The highest BCUT2D eigenvalue weighted by Gasteiger charge is 2.50. The summed E-state index contributed by atoms with van der Waals surface area (Å²) in [6.45, 7) is 4.12. The molecule has 10 rings (SSSR count). The van der Waals surface area contributed by atoms with Crippen LogP contribution in [0.4, 0.5) is 0 Å². The van der Waals surface area contributed by atoms with E-state index in [4.69, 9.17) is 14.7 Å². The third-order valence-corrected chi connectivity index (χ3v) is 11.3. The van der Waals surface area contributed by atoms with E-state index < -0.39 is 5.41 Å². The van der Waals surface area contributed by atoms with Crippen LogP contribution in [-0.4, -0.2) is 10.7 Å². The van der Waals surface area contributed by atoms with E-state index in [-0.39, 0.29) is 0 Å². The molecule has 3 heteroatoms. The third kappa shape index (κ3) is 5.11. The minimum absolute atomic E-state index is 0.498. The minimum atomic E-state index is -0.498. The lowest BCUT2D eigenvalue weighted by molar-refractivity contribution is 0.436. The summed E-state index contributed by atoms with van der Waals surface area (Å²) >= 11 is 0. The van der Waals surface area contributed by atoms with Crippen molar-refractivity contribution in [1.82, 2.24) is 4.98 Å². The Morgan fingerprint density at radius 1 is 0.519 bits per heavy atom. The van der Waals surface area contributed by atoms with Gasteiger partial charge in [-0.05, 0) is 102 Å². The Morgan fingerprint density at radius 2 is 1.15 bits per heavy atom. The van der Waals surface area contributed by atoms with Gasteiger partial charge >= 0.3 is 0 Å². The van der Waals surface area contributed by atoms with Crippen LogP contribution in [-0.2, 0) is 5.41 Å². The first kappa shape index (κ1) is 32.1. The van der Waals surface area contributed by atoms with E-state index in [1.807, 2.05) is 6.92 Å². The molecule has 1 aliphatic carbocycles. The lowest BCUT2D eigenvalue weighted by Crippen LogP contribution is -2.32. The number of fused-ring (bicyclic) bond motifs is 9. The minimum Gasteiger partial charge on any atom is -0.457 e.